The van der Waals surface area contributed by atoms with Crippen LogP contribution in [-0.4, -0.2) is 4.98 Å². The second-order valence-electron chi connectivity index (χ2n) is 5.93. The minimum atomic E-state index is 0.544. The van der Waals surface area contributed by atoms with Crippen molar-refractivity contribution in [3.63, 3.8) is 0 Å². The largest absolute Gasteiger partial charge is 0.454 e. The molecule has 4 aromatic rings. The van der Waals surface area contributed by atoms with Gasteiger partial charge in [-0.05, 0) is 23.1 Å². The van der Waals surface area contributed by atoms with E-state index in [2.05, 4.69) is 61.3 Å². The zero-order valence-electron chi connectivity index (χ0n) is 12.7. The van der Waals surface area contributed by atoms with E-state index in [0.29, 0.717) is 5.92 Å². The number of furan rings is 1. The first kappa shape index (κ1) is 13.1. The van der Waals surface area contributed by atoms with Crippen LogP contribution in [0.2, 0.25) is 0 Å². The number of hydrogen-bond acceptors (Lipinski definition) is 2. The highest BCUT2D eigenvalue weighted by molar-refractivity contribution is 6.09. The first-order valence-electron chi connectivity index (χ1n) is 7.59. The van der Waals surface area contributed by atoms with Gasteiger partial charge in [-0.3, -0.25) is 4.98 Å². The molecule has 0 saturated heterocycles. The van der Waals surface area contributed by atoms with Crippen molar-refractivity contribution in [1.82, 2.24) is 4.98 Å². The molecule has 0 fully saturated rings. The Morgan fingerprint density at radius 3 is 2.50 bits per heavy atom. The van der Waals surface area contributed by atoms with Crippen LogP contribution in [0.1, 0.15) is 25.3 Å². The third-order valence-corrected chi connectivity index (χ3v) is 4.19. The molecule has 2 aromatic carbocycles. The molecule has 0 unspecified atom stereocenters. The van der Waals surface area contributed by atoms with E-state index in [1.807, 2.05) is 6.07 Å². The van der Waals surface area contributed by atoms with Gasteiger partial charge in [-0.1, -0.05) is 56.3 Å². The van der Waals surface area contributed by atoms with Crippen molar-refractivity contribution in [3.8, 4) is 11.1 Å². The summed E-state index contributed by atoms with van der Waals surface area (Å²) < 4.78 is 6.05. The number of rotatable bonds is 2. The van der Waals surface area contributed by atoms with Crippen LogP contribution in [0.3, 0.4) is 0 Å². The summed E-state index contributed by atoms with van der Waals surface area (Å²) in [5.74, 6) is 0.544. The standard InChI is InChI=1S/C20H17NO/c1-13(2)14-6-8-15(9-7-14)16-4-3-5-18-17-10-11-21-12-19(17)22-20(16)18/h3-13H,1-2H3. The lowest BCUT2D eigenvalue weighted by Gasteiger charge is -2.07. The Hall–Kier alpha value is -2.61. The average molecular weight is 287 g/mol. The maximum Gasteiger partial charge on any atom is 0.153 e. The topological polar surface area (TPSA) is 26.0 Å². The average Bonchev–Trinajstić information content (AvgIpc) is 2.93. The maximum atomic E-state index is 6.05. The number of pyridine rings is 1. The quantitative estimate of drug-likeness (QED) is 0.467. The van der Waals surface area contributed by atoms with Gasteiger partial charge in [0.1, 0.15) is 5.58 Å². The Kier molecular flexibility index (Phi) is 2.97. The molecule has 0 bridgehead atoms. The maximum absolute atomic E-state index is 6.05. The summed E-state index contributed by atoms with van der Waals surface area (Å²) in [6.45, 7) is 4.42. The lowest BCUT2D eigenvalue weighted by atomic mass is 9.98. The van der Waals surface area contributed by atoms with Crippen LogP contribution in [-0.2, 0) is 0 Å². The summed E-state index contributed by atoms with van der Waals surface area (Å²) in [6.07, 6.45) is 3.59. The van der Waals surface area contributed by atoms with Gasteiger partial charge in [0.2, 0.25) is 0 Å². The van der Waals surface area contributed by atoms with E-state index >= 15 is 0 Å². The molecule has 4 rings (SSSR count). The van der Waals surface area contributed by atoms with Gasteiger partial charge in [-0.2, -0.15) is 0 Å². The van der Waals surface area contributed by atoms with Gasteiger partial charge in [0.05, 0.1) is 6.20 Å². The fourth-order valence-corrected chi connectivity index (χ4v) is 2.93. The van der Waals surface area contributed by atoms with E-state index in [9.17, 15) is 0 Å². The van der Waals surface area contributed by atoms with Crippen molar-refractivity contribution in [2.75, 3.05) is 0 Å². The summed E-state index contributed by atoms with van der Waals surface area (Å²) in [5.41, 5.74) is 5.43. The molecule has 0 aliphatic carbocycles. The highest BCUT2D eigenvalue weighted by atomic mass is 16.3. The first-order valence-corrected chi connectivity index (χ1v) is 7.59. The molecule has 0 N–H and O–H groups in total. The highest BCUT2D eigenvalue weighted by Crippen LogP contribution is 2.35. The number of benzene rings is 2. The number of nitrogens with zero attached hydrogens (tertiary/aromatic N) is 1. The van der Waals surface area contributed by atoms with Gasteiger partial charge in [-0.15, -0.1) is 0 Å². The van der Waals surface area contributed by atoms with Crippen LogP contribution < -0.4 is 0 Å². The Balaban J connectivity index is 1.94. The van der Waals surface area contributed by atoms with Crippen molar-refractivity contribution < 1.29 is 4.42 Å². The zero-order valence-corrected chi connectivity index (χ0v) is 12.7. The molecule has 0 radical (unpaired) electrons. The smallest absolute Gasteiger partial charge is 0.153 e. The fraction of sp³-hybridized carbons (Fsp3) is 0.150. The number of hydrogen-bond donors (Lipinski definition) is 0. The first-order chi connectivity index (χ1) is 10.7. The Morgan fingerprint density at radius 2 is 1.73 bits per heavy atom. The van der Waals surface area contributed by atoms with Crippen molar-refractivity contribution in [2.45, 2.75) is 19.8 Å². The normalized spacial score (nSPS) is 11.6. The summed E-state index contributed by atoms with van der Waals surface area (Å²) in [5, 5.41) is 2.26. The molecule has 2 heterocycles. The third kappa shape index (κ3) is 2.00. The van der Waals surface area contributed by atoms with E-state index in [0.717, 1.165) is 27.5 Å². The monoisotopic (exact) mass is 287 g/mol. The molecule has 0 spiro atoms. The lowest BCUT2D eigenvalue weighted by molar-refractivity contribution is 0.668. The Bertz CT molecular complexity index is 948. The predicted octanol–water partition coefficient (Wildman–Crippen LogP) is 5.77. The van der Waals surface area contributed by atoms with Gasteiger partial charge in [-0.25, -0.2) is 0 Å². The number of para-hydroxylation sites is 1. The second-order valence-corrected chi connectivity index (χ2v) is 5.93. The highest BCUT2D eigenvalue weighted by Gasteiger charge is 2.12. The number of fused-ring (bicyclic) bond motifs is 3. The minimum absolute atomic E-state index is 0.544. The van der Waals surface area contributed by atoms with Crippen LogP contribution in [0.4, 0.5) is 0 Å². The van der Waals surface area contributed by atoms with Crippen LogP contribution in [0, 0.1) is 0 Å². The van der Waals surface area contributed by atoms with Crippen molar-refractivity contribution in [2.24, 2.45) is 0 Å². The van der Waals surface area contributed by atoms with Gasteiger partial charge >= 0.3 is 0 Å². The van der Waals surface area contributed by atoms with E-state index < -0.39 is 0 Å². The summed E-state index contributed by atoms with van der Waals surface area (Å²) >= 11 is 0. The van der Waals surface area contributed by atoms with Gasteiger partial charge < -0.3 is 4.42 Å². The molecule has 108 valence electrons. The minimum Gasteiger partial charge on any atom is -0.454 e. The molecule has 2 heteroatoms. The van der Waals surface area contributed by atoms with E-state index in [4.69, 9.17) is 4.42 Å². The van der Waals surface area contributed by atoms with E-state index in [1.165, 1.54) is 11.1 Å². The third-order valence-electron chi connectivity index (χ3n) is 4.19. The number of aromatic nitrogens is 1. The summed E-state index contributed by atoms with van der Waals surface area (Å²) in [7, 11) is 0. The fourth-order valence-electron chi connectivity index (χ4n) is 2.93. The van der Waals surface area contributed by atoms with Gasteiger partial charge in [0.25, 0.3) is 0 Å². The van der Waals surface area contributed by atoms with Crippen LogP contribution in [0.15, 0.2) is 65.3 Å². The molecule has 0 atom stereocenters. The SMILES string of the molecule is CC(C)c1ccc(-c2cccc3c2oc2cnccc23)cc1. The molecular formula is C20H17NO. The molecule has 2 nitrogen and oxygen atoms in total. The van der Waals surface area contributed by atoms with E-state index in [-0.39, 0.29) is 0 Å². The zero-order chi connectivity index (χ0) is 15.1. The Labute approximate surface area is 129 Å². The van der Waals surface area contributed by atoms with E-state index in [1.54, 1.807) is 12.4 Å². The van der Waals surface area contributed by atoms with Gasteiger partial charge in [0, 0.05) is 22.5 Å². The van der Waals surface area contributed by atoms with Crippen molar-refractivity contribution in [1.29, 1.82) is 0 Å². The lowest BCUT2D eigenvalue weighted by Crippen LogP contribution is -1.86. The second kappa shape index (κ2) is 4.99. The summed E-state index contributed by atoms with van der Waals surface area (Å²) in [4.78, 5) is 4.15. The molecule has 0 amide bonds. The molecule has 0 saturated carbocycles. The molecular weight excluding hydrogens is 270 g/mol. The van der Waals surface area contributed by atoms with Crippen molar-refractivity contribution in [3.05, 3.63) is 66.5 Å². The molecule has 22 heavy (non-hydrogen) atoms. The summed E-state index contributed by atoms with van der Waals surface area (Å²) in [6, 6.07) is 17.1. The van der Waals surface area contributed by atoms with Crippen LogP contribution in [0.25, 0.3) is 33.1 Å². The van der Waals surface area contributed by atoms with Gasteiger partial charge in [0.15, 0.2) is 5.58 Å². The molecule has 0 aliphatic heterocycles. The Morgan fingerprint density at radius 1 is 0.909 bits per heavy atom. The van der Waals surface area contributed by atoms with Crippen molar-refractivity contribution >= 4 is 21.9 Å². The predicted molar refractivity (Wildman–Crippen MR) is 91.0 cm³/mol. The van der Waals surface area contributed by atoms with Crippen LogP contribution in [0.5, 0.6) is 0 Å². The molecule has 0 aliphatic rings. The van der Waals surface area contributed by atoms with Crippen LogP contribution >= 0.6 is 0 Å². The molecule has 2 aromatic heterocycles.